The Labute approximate surface area is 142 Å². The zero-order valence-corrected chi connectivity index (χ0v) is 14.6. The molecule has 1 aliphatic rings. The molecule has 0 radical (unpaired) electrons. The highest BCUT2D eigenvalue weighted by atomic mass is 32.2. The van der Waals surface area contributed by atoms with Gasteiger partial charge >= 0.3 is 0 Å². The third-order valence-corrected chi connectivity index (χ3v) is 5.36. The number of hydrogen-bond acceptors (Lipinski definition) is 2. The standard InChI is InChI=1S/C20H23NOS/c1-14-6-7-15(2)18(10-14)12-23-13-20(22)21-19-9-8-16-4-3-5-17(16)11-19/h6-11H,3-5,12-13H2,1-2H3,(H,21,22). The van der Waals surface area contributed by atoms with E-state index >= 15 is 0 Å². The van der Waals surface area contributed by atoms with E-state index in [-0.39, 0.29) is 5.91 Å². The molecule has 0 atom stereocenters. The summed E-state index contributed by atoms with van der Waals surface area (Å²) in [5.41, 5.74) is 7.65. The molecule has 3 heteroatoms. The summed E-state index contributed by atoms with van der Waals surface area (Å²) in [6.07, 6.45) is 3.55. The number of thioether (sulfide) groups is 1. The second kappa shape index (κ2) is 7.22. The minimum absolute atomic E-state index is 0.0817. The lowest BCUT2D eigenvalue weighted by atomic mass is 10.1. The van der Waals surface area contributed by atoms with E-state index in [1.54, 1.807) is 11.8 Å². The maximum Gasteiger partial charge on any atom is 0.234 e. The molecule has 0 unspecified atom stereocenters. The van der Waals surface area contributed by atoms with E-state index in [1.165, 1.54) is 40.7 Å². The average Bonchev–Trinajstić information content (AvgIpc) is 2.98. The van der Waals surface area contributed by atoms with Crippen LogP contribution >= 0.6 is 11.8 Å². The van der Waals surface area contributed by atoms with Gasteiger partial charge in [-0.05, 0) is 67.5 Å². The molecule has 0 saturated carbocycles. The molecule has 0 aromatic heterocycles. The van der Waals surface area contributed by atoms with Crippen molar-refractivity contribution in [2.75, 3.05) is 11.1 Å². The summed E-state index contributed by atoms with van der Waals surface area (Å²) < 4.78 is 0. The van der Waals surface area contributed by atoms with Crippen LogP contribution in [0.3, 0.4) is 0 Å². The first-order valence-electron chi connectivity index (χ1n) is 8.17. The van der Waals surface area contributed by atoms with Gasteiger partial charge in [-0.25, -0.2) is 0 Å². The normalized spacial score (nSPS) is 13.0. The Balaban J connectivity index is 1.51. The van der Waals surface area contributed by atoms with E-state index in [0.29, 0.717) is 5.75 Å². The van der Waals surface area contributed by atoms with Gasteiger partial charge < -0.3 is 5.32 Å². The highest BCUT2D eigenvalue weighted by Gasteiger charge is 2.12. The van der Waals surface area contributed by atoms with Crippen molar-refractivity contribution in [1.29, 1.82) is 0 Å². The topological polar surface area (TPSA) is 29.1 Å². The highest BCUT2D eigenvalue weighted by molar-refractivity contribution is 7.99. The lowest BCUT2D eigenvalue weighted by Crippen LogP contribution is -2.14. The first kappa shape index (κ1) is 16.1. The highest BCUT2D eigenvalue weighted by Crippen LogP contribution is 2.25. The van der Waals surface area contributed by atoms with E-state index in [9.17, 15) is 4.79 Å². The molecule has 0 aliphatic heterocycles. The Bertz CT molecular complexity index is 724. The Morgan fingerprint density at radius 1 is 1.09 bits per heavy atom. The van der Waals surface area contributed by atoms with Crippen LogP contribution in [0.25, 0.3) is 0 Å². The molecule has 1 amide bonds. The van der Waals surface area contributed by atoms with Crippen LogP contribution in [0.15, 0.2) is 36.4 Å². The minimum Gasteiger partial charge on any atom is -0.325 e. The fraction of sp³-hybridized carbons (Fsp3) is 0.350. The van der Waals surface area contributed by atoms with Crippen LogP contribution in [0.2, 0.25) is 0 Å². The fourth-order valence-corrected chi connectivity index (χ4v) is 3.95. The van der Waals surface area contributed by atoms with Crippen molar-refractivity contribution in [3.63, 3.8) is 0 Å². The van der Waals surface area contributed by atoms with Crippen molar-refractivity contribution >= 4 is 23.4 Å². The molecule has 0 spiro atoms. The van der Waals surface area contributed by atoms with Gasteiger partial charge in [0.1, 0.15) is 0 Å². The Hall–Kier alpha value is -1.74. The zero-order valence-electron chi connectivity index (χ0n) is 13.8. The van der Waals surface area contributed by atoms with Crippen LogP contribution in [0.5, 0.6) is 0 Å². The molecule has 0 saturated heterocycles. The number of rotatable bonds is 5. The molecule has 2 nitrogen and oxygen atoms in total. The Morgan fingerprint density at radius 3 is 2.78 bits per heavy atom. The minimum atomic E-state index is 0.0817. The smallest absolute Gasteiger partial charge is 0.234 e. The first-order valence-corrected chi connectivity index (χ1v) is 9.33. The summed E-state index contributed by atoms with van der Waals surface area (Å²) in [5, 5.41) is 3.02. The number of aryl methyl sites for hydroxylation is 4. The molecular formula is C20H23NOS. The lowest BCUT2D eigenvalue weighted by molar-refractivity contribution is -0.113. The summed E-state index contributed by atoms with van der Waals surface area (Å²) in [6, 6.07) is 12.8. The van der Waals surface area contributed by atoms with Gasteiger partial charge in [0.15, 0.2) is 0 Å². The van der Waals surface area contributed by atoms with Crippen molar-refractivity contribution in [3.8, 4) is 0 Å². The van der Waals surface area contributed by atoms with Gasteiger partial charge in [0.2, 0.25) is 5.91 Å². The Morgan fingerprint density at radius 2 is 1.91 bits per heavy atom. The second-order valence-electron chi connectivity index (χ2n) is 6.31. The van der Waals surface area contributed by atoms with E-state index < -0.39 is 0 Å². The number of anilines is 1. The molecule has 3 rings (SSSR count). The van der Waals surface area contributed by atoms with E-state index in [4.69, 9.17) is 0 Å². The van der Waals surface area contributed by atoms with Crippen LogP contribution in [0.4, 0.5) is 5.69 Å². The predicted molar refractivity (Wildman–Crippen MR) is 99.2 cm³/mol. The fourth-order valence-electron chi connectivity index (χ4n) is 3.06. The van der Waals surface area contributed by atoms with E-state index in [0.717, 1.165) is 17.9 Å². The van der Waals surface area contributed by atoms with Crippen LogP contribution in [0.1, 0.15) is 34.2 Å². The SMILES string of the molecule is Cc1ccc(C)c(CSCC(=O)Nc2ccc3c(c2)CCC3)c1. The monoisotopic (exact) mass is 325 g/mol. The summed E-state index contributed by atoms with van der Waals surface area (Å²) >= 11 is 1.67. The molecule has 120 valence electrons. The van der Waals surface area contributed by atoms with Gasteiger partial charge in [-0.3, -0.25) is 4.79 Å². The van der Waals surface area contributed by atoms with Crippen LogP contribution < -0.4 is 5.32 Å². The maximum absolute atomic E-state index is 12.1. The molecular weight excluding hydrogens is 302 g/mol. The van der Waals surface area contributed by atoms with E-state index in [2.05, 4.69) is 49.5 Å². The molecule has 2 aromatic carbocycles. The van der Waals surface area contributed by atoms with Crippen molar-refractivity contribution in [2.45, 2.75) is 38.9 Å². The number of carbonyl (C=O) groups is 1. The number of nitrogens with one attached hydrogen (secondary N) is 1. The molecule has 2 aromatic rings. The third-order valence-electron chi connectivity index (χ3n) is 4.38. The quantitative estimate of drug-likeness (QED) is 0.866. The molecule has 1 N–H and O–H groups in total. The number of benzene rings is 2. The largest absolute Gasteiger partial charge is 0.325 e. The zero-order chi connectivity index (χ0) is 16.2. The van der Waals surface area contributed by atoms with Gasteiger partial charge in [-0.1, -0.05) is 29.8 Å². The number of fused-ring (bicyclic) bond motifs is 1. The molecule has 0 fully saturated rings. The third kappa shape index (κ3) is 4.17. The van der Waals surface area contributed by atoms with E-state index in [1.807, 2.05) is 6.07 Å². The van der Waals surface area contributed by atoms with Crippen LogP contribution in [0, 0.1) is 13.8 Å². The number of amides is 1. The summed E-state index contributed by atoms with van der Waals surface area (Å²) in [5.74, 6) is 1.45. The predicted octanol–water partition coefficient (Wildman–Crippen LogP) is 4.66. The van der Waals surface area contributed by atoms with Crippen LogP contribution in [-0.2, 0) is 23.4 Å². The number of hydrogen-bond donors (Lipinski definition) is 1. The van der Waals surface area contributed by atoms with Gasteiger partial charge in [0.05, 0.1) is 5.75 Å². The summed E-state index contributed by atoms with van der Waals surface area (Å²) in [4.78, 5) is 12.1. The average molecular weight is 325 g/mol. The first-order chi connectivity index (χ1) is 11.1. The molecule has 0 heterocycles. The van der Waals surface area contributed by atoms with Crippen molar-refractivity contribution in [1.82, 2.24) is 0 Å². The number of carbonyl (C=O) groups excluding carboxylic acids is 1. The van der Waals surface area contributed by atoms with Crippen molar-refractivity contribution in [3.05, 3.63) is 64.2 Å². The van der Waals surface area contributed by atoms with Crippen molar-refractivity contribution < 1.29 is 4.79 Å². The Kier molecular flexibility index (Phi) is 5.06. The van der Waals surface area contributed by atoms with Gasteiger partial charge in [0.25, 0.3) is 0 Å². The van der Waals surface area contributed by atoms with Gasteiger partial charge in [-0.2, -0.15) is 0 Å². The summed E-state index contributed by atoms with van der Waals surface area (Å²) in [6.45, 7) is 4.23. The summed E-state index contributed by atoms with van der Waals surface area (Å²) in [7, 11) is 0. The van der Waals surface area contributed by atoms with Gasteiger partial charge in [-0.15, -0.1) is 11.8 Å². The molecule has 23 heavy (non-hydrogen) atoms. The lowest BCUT2D eigenvalue weighted by Gasteiger charge is -2.09. The molecule has 1 aliphatic carbocycles. The van der Waals surface area contributed by atoms with Gasteiger partial charge in [0, 0.05) is 11.4 Å². The van der Waals surface area contributed by atoms with Crippen molar-refractivity contribution in [2.24, 2.45) is 0 Å². The maximum atomic E-state index is 12.1. The van der Waals surface area contributed by atoms with Crippen LogP contribution in [-0.4, -0.2) is 11.7 Å². The molecule has 0 bridgehead atoms. The second-order valence-corrected chi connectivity index (χ2v) is 7.29.